The lowest BCUT2D eigenvalue weighted by Crippen LogP contribution is -2.48. The van der Waals surface area contributed by atoms with Gasteiger partial charge in [0.25, 0.3) is 0 Å². The summed E-state index contributed by atoms with van der Waals surface area (Å²) in [4.78, 5) is 11.8. The number of aromatic nitrogens is 1. The fourth-order valence-electron chi connectivity index (χ4n) is 3.15. The lowest BCUT2D eigenvalue weighted by atomic mass is 10.1. The van der Waals surface area contributed by atoms with E-state index in [-0.39, 0.29) is 24.0 Å². The van der Waals surface area contributed by atoms with Crippen molar-refractivity contribution in [3.63, 3.8) is 0 Å². The molecule has 2 N–H and O–H groups in total. The number of aliphatic imine (C=N–C) groups is 1. The summed E-state index contributed by atoms with van der Waals surface area (Å²) in [5.74, 6) is 0.956. The zero-order valence-corrected chi connectivity index (χ0v) is 20.1. The molecule has 0 saturated carbocycles. The summed E-state index contributed by atoms with van der Waals surface area (Å²) < 4.78 is 0. The summed E-state index contributed by atoms with van der Waals surface area (Å²) >= 11 is 3.58. The second-order valence-corrected chi connectivity index (χ2v) is 8.47. The van der Waals surface area contributed by atoms with Gasteiger partial charge < -0.3 is 15.5 Å². The van der Waals surface area contributed by atoms with Crippen molar-refractivity contribution >= 4 is 57.6 Å². The average molecular weight is 520 g/mol. The third kappa shape index (κ3) is 7.23. The van der Waals surface area contributed by atoms with Crippen LogP contribution in [0.15, 0.2) is 27.9 Å². The zero-order chi connectivity index (χ0) is 18.2. The van der Waals surface area contributed by atoms with Crippen LogP contribution >= 0.6 is 46.7 Å². The van der Waals surface area contributed by atoms with Crippen LogP contribution in [0.3, 0.4) is 0 Å². The lowest BCUT2D eigenvalue weighted by molar-refractivity contribution is 0.463. The molecule has 0 unspecified atom stereocenters. The van der Waals surface area contributed by atoms with Crippen molar-refractivity contribution in [2.75, 3.05) is 31.1 Å². The highest BCUT2D eigenvalue weighted by atomic mass is 127. The molecule has 1 aliphatic heterocycles. The van der Waals surface area contributed by atoms with Crippen molar-refractivity contribution in [1.29, 1.82) is 0 Å². The third-order valence-corrected chi connectivity index (χ3v) is 6.44. The molecule has 0 atom stereocenters. The SMILES string of the molecule is CCNC(=NCCCc1nc(C)cs1)NC1CCN(c2cccs2)CC1.I. The standard InChI is InChI=1S/C19H29N5S2.HI/c1-3-20-19(21-10-4-6-17-22-15(2)14-26-17)23-16-8-11-24(12-9-16)18-7-5-13-25-18;/h5,7,13-14,16H,3-4,6,8-12H2,1-2H3,(H2,20,21,23);1H. The highest BCUT2D eigenvalue weighted by Crippen LogP contribution is 2.24. The predicted molar refractivity (Wildman–Crippen MR) is 129 cm³/mol. The monoisotopic (exact) mass is 519 g/mol. The summed E-state index contributed by atoms with van der Waals surface area (Å²) in [6, 6.07) is 4.85. The van der Waals surface area contributed by atoms with E-state index in [1.54, 1.807) is 11.3 Å². The molecule has 2 aromatic heterocycles. The number of thiophene rings is 1. The highest BCUT2D eigenvalue weighted by molar-refractivity contribution is 14.0. The van der Waals surface area contributed by atoms with Crippen LogP contribution in [-0.4, -0.2) is 43.2 Å². The van der Waals surface area contributed by atoms with E-state index < -0.39 is 0 Å². The summed E-state index contributed by atoms with van der Waals surface area (Å²) in [5.41, 5.74) is 1.12. The van der Waals surface area contributed by atoms with Crippen molar-refractivity contribution < 1.29 is 0 Å². The molecule has 150 valence electrons. The van der Waals surface area contributed by atoms with Gasteiger partial charge in [0.15, 0.2) is 5.96 Å². The van der Waals surface area contributed by atoms with Gasteiger partial charge in [-0.25, -0.2) is 4.98 Å². The predicted octanol–water partition coefficient (Wildman–Crippen LogP) is 4.29. The van der Waals surface area contributed by atoms with Gasteiger partial charge in [-0.15, -0.1) is 46.7 Å². The maximum absolute atomic E-state index is 4.76. The maximum atomic E-state index is 4.76. The van der Waals surface area contributed by atoms with Gasteiger partial charge in [-0.05, 0) is 50.6 Å². The number of hydrogen-bond acceptors (Lipinski definition) is 5. The highest BCUT2D eigenvalue weighted by Gasteiger charge is 2.20. The molecule has 0 spiro atoms. The molecule has 0 amide bonds. The van der Waals surface area contributed by atoms with Crippen molar-refractivity contribution in [3.05, 3.63) is 33.6 Å². The minimum absolute atomic E-state index is 0. The Morgan fingerprint density at radius 3 is 2.78 bits per heavy atom. The van der Waals surface area contributed by atoms with Crippen LogP contribution in [0.2, 0.25) is 0 Å². The van der Waals surface area contributed by atoms with E-state index in [1.165, 1.54) is 10.0 Å². The van der Waals surface area contributed by atoms with Crippen LogP contribution in [0, 0.1) is 6.92 Å². The first-order valence-corrected chi connectivity index (χ1v) is 11.2. The average Bonchev–Trinajstić information content (AvgIpc) is 3.31. The van der Waals surface area contributed by atoms with Crippen LogP contribution in [0.25, 0.3) is 0 Å². The summed E-state index contributed by atoms with van der Waals surface area (Å²) in [6.07, 6.45) is 4.36. The van der Waals surface area contributed by atoms with Crippen LogP contribution < -0.4 is 15.5 Å². The topological polar surface area (TPSA) is 52.6 Å². The summed E-state index contributed by atoms with van der Waals surface area (Å²) in [5, 5.41) is 13.9. The summed E-state index contributed by atoms with van der Waals surface area (Å²) in [6.45, 7) is 8.12. The number of rotatable bonds is 7. The van der Waals surface area contributed by atoms with E-state index in [2.05, 4.69) is 57.3 Å². The van der Waals surface area contributed by atoms with Gasteiger partial charge in [0.05, 0.1) is 10.0 Å². The number of nitrogens with one attached hydrogen (secondary N) is 2. The molecule has 1 saturated heterocycles. The van der Waals surface area contributed by atoms with E-state index in [4.69, 9.17) is 4.99 Å². The smallest absolute Gasteiger partial charge is 0.191 e. The molecule has 0 aliphatic carbocycles. The number of halogens is 1. The molecule has 0 bridgehead atoms. The molecule has 1 fully saturated rings. The largest absolute Gasteiger partial charge is 0.363 e. The number of aryl methyl sites for hydroxylation is 2. The fourth-order valence-corrected chi connectivity index (χ4v) is 4.75. The fraction of sp³-hybridized carbons (Fsp3) is 0.579. The van der Waals surface area contributed by atoms with E-state index in [1.807, 2.05) is 11.3 Å². The molecule has 2 aromatic rings. The maximum Gasteiger partial charge on any atom is 0.191 e. The Kier molecular flexibility index (Phi) is 9.84. The zero-order valence-electron chi connectivity index (χ0n) is 16.1. The molecule has 3 rings (SSSR count). The Bertz CT molecular complexity index is 678. The quantitative estimate of drug-likeness (QED) is 0.248. The number of hydrogen-bond donors (Lipinski definition) is 2. The number of thiazole rings is 1. The van der Waals surface area contributed by atoms with E-state index in [9.17, 15) is 0 Å². The van der Waals surface area contributed by atoms with Gasteiger partial charge in [0, 0.05) is 49.7 Å². The van der Waals surface area contributed by atoms with E-state index in [0.29, 0.717) is 6.04 Å². The second kappa shape index (κ2) is 11.9. The van der Waals surface area contributed by atoms with Crippen LogP contribution in [0.4, 0.5) is 5.00 Å². The Morgan fingerprint density at radius 2 is 2.15 bits per heavy atom. The van der Waals surface area contributed by atoms with Gasteiger partial charge >= 0.3 is 0 Å². The summed E-state index contributed by atoms with van der Waals surface area (Å²) in [7, 11) is 0. The van der Waals surface area contributed by atoms with Crippen LogP contribution in [-0.2, 0) is 6.42 Å². The van der Waals surface area contributed by atoms with Crippen molar-refractivity contribution in [1.82, 2.24) is 15.6 Å². The van der Waals surface area contributed by atoms with Gasteiger partial charge in [0.1, 0.15) is 0 Å². The molecule has 8 heteroatoms. The number of piperidine rings is 1. The molecule has 0 aromatic carbocycles. The first-order valence-electron chi connectivity index (χ1n) is 9.49. The van der Waals surface area contributed by atoms with Gasteiger partial charge in [-0.3, -0.25) is 4.99 Å². The normalized spacial score (nSPS) is 15.5. The minimum Gasteiger partial charge on any atom is -0.363 e. The molecular weight excluding hydrogens is 489 g/mol. The Hall–Kier alpha value is -0.870. The van der Waals surface area contributed by atoms with Crippen LogP contribution in [0.1, 0.15) is 36.9 Å². The van der Waals surface area contributed by atoms with Crippen LogP contribution in [0.5, 0.6) is 0 Å². The molecule has 5 nitrogen and oxygen atoms in total. The molecular formula is C19H30IN5S2. The first-order chi connectivity index (χ1) is 12.7. The van der Waals surface area contributed by atoms with Crippen molar-refractivity contribution in [3.8, 4) is 0 Å². The van der Waals surface area contributed by atoms with E-state index in [0.717, 1.165) is 63.5 Å². The molecule has 0 radical (unpaired) electrons. The molecule has 1 aliphatic rings. The van der Waals surface area contributed by atoms with Gasteiger partial charge in [-0.2, -0.15) is 0 Å². The van der Waals surface area contributed by atoms with Crippen molar-refractivity contribution in [2.24, 2.45) is 4.99 Å². The number of guanidine groups is 1. The minimum atomic E-state index is 0. The first kappa shape index (κ1) is 22.4. The molecule has 27 heavy (non-hydrogen) atoms. The number of anilines is 1. The van der Waals surface area contributed by atoms with E-state index >= 15 is 0 Å². The Labute approximate surface area is 187 Å². The van der Waals surface area contributed by atoms with Crippen molar-refractivity contribution in [2.45, 2.75) is 45.6 Å². The number of nitrogens with zero attached hydrogens (tertiary/aromatic N) is 3. The van der Waals surface area contributed by atoms with Gasteiger partial charge in [-0.1, -0.05) is 0 Å². The van der Waals surface area contributed by atoms with Gasteiger partial charge in [0.2, 0.25) is 0 Å². The third-order valence-electron chi connectivity index (χ3n) is 4.48. The Morgan fingerprint density at radius 1 is 1.33 bits per heavy atom. The Balaban J connectivity index is 0.00000261. The second-order valence-electron chi connectivity index (χ2n) is 6.60. The molecule has 3 heterocycles. The lowest BCUT2D eigenvalue weighted by Gasteiger charge is -2.33.